The average molecular weight is 154 g/mol. The van der Waals surface area contributed by atoms with E-state index in [0.29, 0.717) is 0 Å². The van der Waals surface area contributed by atoms with Gasteiger partial charge in [0, 0.05) is 6.08 Å². The van der Waals surface area contributed by atoms with E-state index in [0.717, 1.165) is 24.8 Å². The molecule has 1 unspecified atom stereocenters. The van der Waals surface area contributed by atoms with Gasteiger partial charge in [-0.25, -0.2) is 4.79 Å². The lowest BCUT2D eigenvalue weighted by atomic mass is 10.1. The van der Waals surface area contributed by atoms with E-state index in [-0.39, 0.29) is 12.1 Å². The molecular weight excluding hydrogens is 140 g/mol. The highest BCUT2D eigenvalue weighted by Gasteiger charge is 2.21. The SMILES string of the molecule is CCCCC1OC(=O)C=C1C. The van der Waals surface area contributed by atoms with Gasteiger partial charge in [0.05, 0.1) is 0 Å². The van der Waals surface area contributed by atoms with Gasteiger partial charge in [-0.3, -0.25) is 0 Å². The van der Waals surface area contributed by atoms with Crippen molar-refractivity contribution in [3.05, 3.63) is 11.6 Å². The van der Waals surface area contributed by atoms with Crippen LogP contribution in [0.2, 0.25) is 0 Å². The summed E-state index contributed by atoms with van der Waals surface area (Å²) in [4.78, 5) is 10.7. The van der Waals surface area contributed by atoms with Gasteiger partial charge in [0.2, 0.25) is 0 Å². The second-order valence-corrected chi connectivity index (χ2v) is 2.96. The van der Waals surface area contributed by atoms with Crippen LogP contribution in [0.25, 0.3) is 0 Å². The molecule has 62 valence electrons. The summed E-state index contributed by atoms with van der Waals surface area (Å²) in [6.07, 6.45) is 4.91. The number of unbranched alkanes of at least 4 members (excludes halogenated alkanes) is 1. The van der Waals surface area contributed by atoms with Crippen LogP contribution in [0.1, 0.15) is 33.1 Å². The molecule has 0 radical (unpaired) electrons. The average Bonchev–Trinajstić information content (AvgIpc) is 2.26. The Morgan fingerprint density at radius 2 is 2.36 bits per heavy atom. The van der Waals surface area contributed by atoms with Crippen molar-refractivity contribution in [3.63, 3.8) is 0 Å². The maximum absolute atomic E-state index is 10.7. The van der Waals surface area contributed by atoms with Gasteiger partial charge in [0.25, 0.3) is 0 Å². The van der Waals surface area contributed by atoms with E-state index >= 15 is 0 Å². The number of rotatable bonds is 3. The Labute approximate surface area is 67.2 Å². The van der Waals surface area contributed by atoms with E-state index in [1.807, 2.05) is 6.92 Å². The number of hydrogen-bond donors (Lipinski definition) is 0. The smallest absolute Gasteiger partial charge is 0.331 e. The van der Waals surface area contributed by atoms with Gasteiger partial charge < -0.3 is 4.74 Å². The van der Waals surface area contributed by atoms with Gasteiger partial charge in [0.15, 0.2) is 0 Å². The van der Waals surface area contributed by atoms with Crippen molar-refractivity contribution in [1.82, 2.24) is 0 Å². The van der Waals surface area contributed by atoms with Gasteiger partial charge in [-0.15, -0.1) is 0 Å². The van der Waals surface area contributed by atoms with Gasteiger partial charge in [0.1, 0.15) is 6.10 Å². The molecule has 0 aliphatic carbocycles. The third-order valence-electron chi connectivity index (χ3n) is 1.93. The quantitative estimate of drug-likeness (QED) is 0.581. The number of carbonyl (C=O) groups is 1. The van der Waals surface area contributed by atoms with Crippen molar-refractivity contribution in [1.29, 1.82) is 0 Å². The summed E-state index contributed by atoms with van der Waals surface area (Å²) >= 11 is 0. The van der Waals surface area contributed by atoms with Crippen molar-refractivity contribution in [2.75, 3.05) is 0 Å². The van der Waals surface area contributed by atoms with Crippen LogP contribution in [0, 0.1) is 0 Å². The summed E-state index contributed by atoms with van der Waals surface area (Å²) in [6.45, 7) is 4.08. The summed E-state index contributed by atoms with van der Waals surface area (Å²) in [5.74, 6) is -0.177. The molecule has 0 bridgehead atoms. The molecule has 0 saturated heterocycles. The second kappa shape index (κ2) is 3.56. The minimum atomic E-state index is -0.177. The first-order valence-electron chi connectivity index (χ1n) is 4.13. The van der Waals surface area contributed by atoms with Crippen LogP contribution in [-0.2, 0) is 9.53 Å². The predicted octanol–water partition coefficient (Wildman–Crippen LogP) is 2.05. The summed E-state index contributed by atoms with van der Waals surface area (Å²) in [5, 5.41) is 0. The Hall–Kier alpha value is -0.790. The van der Waals surface area contributed by atoms with Gasteiger partial charge in [-0.2, -0.15) is 0 Å². The monoisotopic (exact) mass is 154 g/mol. The molecule has 2 heteroatoms. The first-order valence-corrected chi connectivity index (χ1v) is 4.13. The molecule has 0 aromatic rings. The number of esters is 1. The normalized spacial score (nSPS) is 23.3. The van der Waals surface area contributed by atoms with Crippen molar-refractivity contribution in [2.45, 2.75) is 39.2 Å². The van der Waals surface area contributed by atoms with Crippen molar-refractivity contribution >= 4 is 5.97 Å². The largest absolute Gasteiger partial charge is 0.455 e. The molecule has 1 atom stereocenters. The van der Waals surface area contributed by atoms with Gasteiger partial charge in [-0.1, -0.05) is 13.3 Å². The Balaban J connectivity index is 2.38. The van der Waals surface area contributed by atoms with Crippen LogP contribution in [0.4, 0.5) is 0 Å². The Morgan fingerprint density at radius 3 is 2.82 bits per heavy atom. The molecule has 1 aliphatic heterocycles. The van der Waals surface area contributed by atoms with Crippen LogP contribution in [0.15, 0.2) is 11.6 Å². The van der Waals surface area contributed by atoms with E-state index in [2.05, 4.69) is 6.92 Å². The minimum absolute atomic E-state index is 0.0717. The Morgan fingerprint density at radius 1 is 1.64 bits per heavy atom. The number of hydrogen-bond acceptors (Lipinski definition) is 2. The fourth-order valence-corrected chi connectivity index (χ4v) is 1.22. The van der Waals surface area contributed by atoms with Crippen molar-refractivity contribution in [3.8, 4) is 0 Å². The third-order valence-corrected chi connectivity index (χ3v) is 1.93. The minimum Gasteiger partial charge on any atom is -0.455 e. The van der Waals surface area contributed by atoms with Gasteiger partial charge in [-0.05, 0) is 25.3 Å². The molecule has 0 saturated carbocycles. The van der Waals surface area contributed by atoms with E-state index in [1.54, 1.807) is 6.08 Å². The van der Waals surface area contributed by atoms with Crippen LogP contribution >= 0.6 is 0 Å². The molecule has 0 spiro atoms. The van der Waals surface area contributed by atoms with E-state index in [4.69, 9.17) is 4.74 Å². The first-order chi connectivity index (χ1) is 5.24. The number of cyclic esters (lactones) is 1. The molecule has 0 fully saturated rings. The standard InChI is InChI=1S/C9H14O2/c1-3-4-5-8-7(2)6-9(10)11-8/h6,8H,3-5H2,1-2H3. The highest BCUT2D eigenvalue weighted by atomic mass is 16.5. The van der Waals surface area contributed by atoms with Crippen LogP contribution in [0.5, 0.6) is 0 Å². The lowest BCUT2D eigenvalue weighted by molar-refractivity contribution is -0.139. The molecular formula is C9H14O2. The maximum atomic E-state index is 10.7. The lowest BCUT2D eigenvalue weighted by Gasteiger charge is -2.09. The number of ether oxygens (including phenoxy) is 1. The summed E-state index contributed by atoms with van der Waals surface area (Å²) in [6, 6.07) is 0. The summed E-state index contributed by atoms with van der Waals surface area (Å²) in [5.41, 5.74) is 1.07. The van der Waals surface area contributed by atoms with E-state index in [1.165, 1.54) is 0 Å². The van der Waals surface area contributed by atoms with E-state index < -0.39 is 0 Å². The third kappa shape index (κ3) is 2.07. The Kier molecular flexibility index (Phi) is 2.69. The van der Waals surface area contributed by atoms with E-state index in [9.17, 15) is 4.79 Å². The second-order valence-electron chi connectivity index (χ2n) is 2.96. The molecule has 11 heavy (non-hydrogen) atoms. The fourth-order valence-electron chi connectivity index (χ4n) is 1.22. The zero-order valence-electron chi connectivity index (χ0n) is 7.09. The highest BCUT2D eigenvalue weighted by Crippen LogP contribution is 2.19. The molecule has 1 heterocycles. The lowest BCUT2D eigenvalue weighted by Crippen LogP contribution is -2.09. The maximum Gasteiger partial charge on any atom is 0.331 e. The molecule has 2 nitrogen and oxygen atoms in total. The Bertz CT molecular complexity index is 182. The van der Waals surface area contributed by atoms with Crippen LogP contribution in [0.3, 0.4) is 0 Å². The molecule has 1 aliphatic rings. The summed E-state index contributed by atoms with van der Waals surface area (Å²) < 4.78 is 5.04. The fraction of sp³-hybridized carbons (Fsp3) is 0.667. The predicted molar refractivity (Wildman–Crippen MR) is 43.2 cm³/mol. The molecule has 0 N–H and O–H groups in total. The van der Waals surface area contributed by atoms with Gasteiger partial charge >= 0.3 is 5.97 Å². The first kappa shape index (κ1) is 8.31. The molecule has 0 aromatic carbocycles. The molecule has 0 amide bonds. The topological polar surface area (TPSA) is 26.3 Å². The van der Waals surface area contributed by atoms with Crippen LogP contribution in [-0.4, -0.2) is 12.1 Å². The zero-order chi connectivity index (χ0) is 8.27. The molecule has 0 aromatic heterocycles. The number of carbonyl (C=O) groups excluding carboxylic acids is 1. The highest BCUT2D eigenvalue weighted by molar-refractivity contribution is 5.85. The zero-order valence-corrected chi connectivity index (χ0v) is 7.09. The van der Waals surface area contributed by atoms with Crippen molar-refractivity contribution in [2.24, 2.45) is 0 Å². The van der Waals surface area contributed by atoms with Crippen molar-refractivity contribution < 1.29 is 9.53 Å². The van der Waals surface area contributed by atoms with Crippen LogP contribution < -0.4 is 0 Å². The summed E-state index contributed by atoms with van der Waals surface area (Å²) in [7, 11) is 0. The molecule has 1 rings (SSSR count).